The van der Waals surface area contributed by atoms with E-state index in [-0.39, 0.29) is 0 Å². The molecule has 0 saturated carbocycles. The summed E-state index contributed by atoms with van der Waals surface area (Å²) in [4.78, 5) is 0. The molecule has 1 aromatic heterocycles. The van der Waals surface area contributed by atoms with Gasteiger partial charge in [0.2, 0.25) is 0 Å². The summed E-state index contributed by atoms with van der Waals surface area (Å²) in [5.41, 5.74) is 2.17. The smallest absolute Gasteiger partial charge is 0.153 e. The van der Waals surface area contributed by atoms with Crippen LogP contribution in [0.4, 0.5) is 0 Å². The zero-order valence-corrected chi connectivity index (χ0v) is 8.58. The molecule has 0 unspecified atom stereocenters. The summed E-state index contributed by atoms with van der Waals surface area (Å²) in [7, 11) is 5.92. The number of fused-ring (bicyclic) bond motifs is 3. The summed E-state index contributed by atoms with van der Waals surface area (Å²) >= 11 is 6.05. The molecule has 3 rings (SSSR count). The van der Waals surface area contributed by atoms with E-state index in [1.165, 1.54) is 0 Å². The first kappa shape index (κ1) is 8.87. The third-order valence-electron chi connectivity index (χ3n) is 2.51. The molecule has 3 aromatic rings. The molecule has 2 aromatic carbocycles. The summed E-state index contributed by atoms with van der Waals surface area (Å²) in [6, 6.07) is 11.3. The maximum Gasteiger partial charge on any atom is 0.153 e. The fourth-order valence-electron chi connectivity index (χ4n) is 1.82. The van der Waals surface area contributed by atoms with Gasteiger partial charge in [-0.2, -0.15) is 0 Å². The van der Waals surface area contributed by atoms with Crippen molar-refractivity contribution in [2.24, 2.45) is 0 Å². The number of hydrogen-bond acceptors (Lipinski definition) is 1. The van der Waals surface area contributed by atoms with Gasteiger partial charge < -0.3 is 4.42 Å². The molecule has 1 heterocycles. The lowest BCUT2D eigenvalue weighted by atomic mass is 9.91. The highest BCUT2D eigenvalue weighted by atomic mass is 35.5. The normalized spacial score (nSPS) is 11.3. The molecule has 15 heavy (non-hydrogen) atoms. The van der Waals surface area contributed by atoms with E-state index in [1.807, 2.05) is 24.3 Å². The molecule has 0 spiro atoms. The second-order valence-electron chi connectivity index (χ2n) is 3.44. The van der Waals surface area contributed by atoms with Crippen LogP contribution >= 0.6 is 11.6 Å². The summed E-state index contributed by atoms with van der Waals surface area (Å²) < 4.78 is 5.65. The molecule has 1 nitrogen and oxygen atoms in total. The van der Waals surface area contributed by atoms with Crippen LogP contribution in [0.1, 0.15) is 0 Å². The third kappa shape index (κ3) is 1.18. The molecule has 0 aliphatic heterocycles. The molecule has 0 aliphatic rings. The predicted molar refractivity (Wildman–Crippen MR) is 64.1 cm³/mol. The monoisotopic (exact) mass is 212 g/mol. The van der Waals surface area contributed by atoms with Crippen LogP contribution in [0.3, 0.4) is 0 Å². The lowest BCUT2D eigenvalue weighted by Crippen LogP contribution is -2.01. The Morgan fingerprint density at radius 2 is 1.87 bits per heavy atom. The van der Waals surface area contributed by atoms with Crippen molar-refractivity contribution in [1.29, 1.82) is 0 Å². The Bertz CT molecular complexity index is 657. The van der Waals surface area contributed by atoms with Gasteiger partial charge in [-0.1, -0.05) is 41.3 Å². The minimum absolute atomic E-state index is 0.593. The number of furan rings is 1. The van der Waals surface area contributed by atoms with E-state index in [0.29, 0.717) is 16.1 Å². The molecular weight excluding hydrogens is 206 g/mol. The summed E-state index contributed by atoms with van der Waals surface area (Å²) in [6.45, 7) is 0. The van der Waals surface area contributed by atoms with Crippen LogP contribution in [0.2, 0.25) is 5.02 Å². The van der Waals surface area contributed by atoms with Crippen molar-refractivity contribution in [2.75, 3.05) is 0 Å². The Morgan fingerprint density at radius 1 is 1.07 bits per heavy atom. The lowest BCUT2D eigenvalue weighted by molar-refractivity contribution is 0.669. The van der Waals surface area contributed by atoms with Gasteiger partial charge in [0.15, 0.2) is 5.58 Å². The number of para-hydroxylation sites is 1. The Kier molecular flexibility index (Phi) is 1.80. The molecule has 0 aliphatic carbocycles. The van der Waals surface area contributed by atoms with E-state index in [9.17, 15) is 0 Å². The van der Waals surface area contributed by atoms with Gasteiger partial charge in [0.05, 0.1) is 5.02 Å². The Hall–Kier alpha value is -1.41. The summed E-state index contributed by atoms with van der Waals surface area (Å²) in [6.07, 6.45) is 0. The largest absolute Gasteiger partial charge is 0.455 e. The van der Waals surface area contributed by atoms with E-state index in [0.717, 1.165) is 16.4 Å². The van der Waals surface area contributed by atoms with Gasteiger partial charge in [0.25, 0.3) is 0 Å². The second kappa shape index (κ2) is 3.04. The SMILES string of the molecule is [B]c1ccc(Cl)c2oc3ccccc3c12. The van der Waals surface area contributed by atoms with Crippen molar-refractivity contribution in [2.45, 2.75) is 0 Å². The number of hydrogen-bond donors (Lipinski definition) is 0. The zero-order valence-electron chi connectivity index (χ0n) is 7.83. The Balaban J connectivity index is 2.66. The highest BCUT2D eigenvalue weighted by molar-refractivity contribution is 6.44. The topological polar surface area (TPSA) is 13.1 Å². The molecular formula is C12H6BClO. The van der Waals surface area contributed by atoms with Crippen LogP contribution in [-0.2, 0) is 0 Å². The van der Waals surface area contributed by atoms with Gasteiger partial charge in [-0.05, 0) is 12.1 Å². The number of benzene rings is 2. The average Bonchev–Trinajstić information content (AvgIpc) is 2.64. The number of halogens is 1. The molecule has 0 bridgehead atoms. The van der Waals surface area contributed by atoms with Crippen molar-refractivity contribution < 1.29 is 4.42 Å². The standard InChI is InChI=1S/C12H6BClO/c13-8-5-6-9(14)12-11(8)7-3-1-2-4-10(7)15-12/h1-6H. The molecule has 0 atom stereocenters. The van der Waals surface area contributed by atoms with Crippen molar-refractivity contribution in [3.8, 4) is 0 Å². The van der Waals surface area contributed by atoms with Gasteiger partial charge in [0, 0.05) is 10.8 Å². The van der Waals surface area contributed by atoms with Crippen LogP contribution in [0.5, 0.6) is 0 Å². The molecule has 70 valence electrons. The average molecular weight is 212 g/mol. The van der Waals surface area contributed by atoms with Crippen molar-refractivity contribution in [3.05, 3.63) is 41.4 Å². The maximum atomic E-state index is 6.05. The van der Waals surface area contributed by atoms with Gasteiger partial charge in [-0.25, -0.2) is 0 Å². The minimum Gasteiger partial charge on any atom is -0.455 e. The van der Waals surface area contributed by atoms with Gasteiger partial charge in [0.1, 0.15) is 13.4 Å². The van der Waals surface area contributed by atoms with Crippen molar-refractivity contribution in [3.63, 3.8) is 0 Å². The molecule has 0 saturated heterocycles. The molecule has 0 fully saturated rings. The minimum atomic E-state index is 0.593. The van der Waals surface area contributed by atoms with Crippen LogP contribution in [0.15, 0.2) is 40.8 Å². The molecule has 0 N–H and O–H groups in total. The van der Waals surface area contributed by atoms with Crippen LogP contribution in [-0.4, -0.2) is 7.85 Å². The van der Waals surface area contributed by atoms with Gasteiger partial charge in [-0.3, -0.25) is 0 Å². The third-order valence-corrected chi connectivity index (χ3v) is 2.81. The first-order valence-electron chi connectivity index (χ1n) is 4.62. The fraction of sp³-hybridized carbons (Fsp3) is 0. The van der Waals surface area contributed by atoms with Crippen molar-refractivity contribution >= 4 is 46.8 Å². The maximum absolute atomic E-state index is 6.05. The lowest BCUT2D eigenvalue weighted by Gasteiger charge is -1.96. The summed E-state index contributed by atoms with van der Waals surface area (Å²) in [5.74, 6) is 0. The van der Waals surface area contributed by atoms with E-state index in [2.05, 4.69) is 0 Å². The van der Waals surface area contributed by atoms with Crippen LogP contribution in [0, 0.1) is 0 Å². The first-order valence-corrected chi connectivity index (χ1v) is 5.00. The summed E-state index contributed by atoms with van der Waals surface area (Å²) in [5, 5.41) is 2.50. The molecule has 3 heteroatoms. The molecule has 2 radical (unpaired) electrons. The van der Waals surface area contributed by atoms with Gasteiger partial charge in [-0.15, -0.1) is 0 Å². The Morgan fingerprint density at radius 3 is 2.73 bits per heavy atom. The van der Waals surface area contributed by atoms with Crippen molar-refractivity contribution in [1.82, 2.24) is 0 Å². The Labute approximate surface area is 93.0 Å². The highest BCUT2D eigenvalue weighted by Gasteiger charge is 2.10. The van der Waals surface area contributed by atoms with Gasteiger partial charge >= 0.3 is 0 Å². The second-order valence-corrected chi connectivity index (χ2v) is 3.85. The first-order chi connectivity index (χ1) is 7.27. The number of rotatable bonds is 0. The van der Waals surface area contributed by atoms with E-state index >= 15 is 0 Å². The fourth-order valence-corrected chi connectivity index (χ4v) is 2.02. The quantitative estimate of drug-likeness (QED) is 0.522. The van der Waals surface area contributed by atoms with Crippen LogP contribution in [0.25, 0.3) is 21.9 Å². The molecule has 0 amide bonds. The van der Waals surface area contributed by atoms with E-state index < -0.39 is 0 Å². The van der Waals surface area contributed by atoms with Crippen LogP contribution < -0.4 is 5.46 Å². The zero-order chi connectivity index (χ0) is 10.4. The van der Waals surface area contributed by atoms with E-state index in [4.69, 9.17) is 23.9 Å². The predicted octanol–water partition coefficient (Wildman–Crippen LogP) is 3.03. The van der Waals surface area contributed by atoms with E-state index in [1.54, 1.807) is 12.1 Å². The highest BCUT2D eigenvalue weighted by Crippen LogP contribution is 2.31.